The Morgan fingerprint density at radius 3 is 3.09 bits per heavy atom. The summed E-state index contributed by atoms with van der Waals surface area (Å²) in [6, 6.07) is 6.00. The highest BCUT2D eigenvalue weighted by Crippen LogP contribution is 2.09. The van der Waals surface area contributed by atoms with Crippen LogP contribution in [0.2, 0.25) is 0 Å². The van der Waals surface area contributed by atoms with Gasteiger partial charge in [-0.15, -0.1) is 0 Å². The van der Waals surface area contributed by atoms with Crippen LogP contribution in [-0.2, 0) is 0 Å². The molecular formula is C9H8N2. The van der Waals surface area contributed by atoms with Crippen molar-refractivity contribution < 1.29 is 0 Å². The van der Waals surface area contributed by atoms with E-state index in [0.717, 1.165) is 16.6 Å². The summed E-state index contributed by atoms with van der Waals surface area (Å²) in [7, 11) is 0. The summed E-state index contributed by atoms with van der Waals surface area (Å²) in [5.41, 5.74) is 1.99. The molecule has 0 unspecified atom stereocenters. The Morgan fingerprint density at radius 2 is 2.18 bits per heavy atom. The molecule has 11 heavy (non-hydrogen) atoms. The Labute approximate surface area is 64.9 Å². The van der Waals surface area contributed by atoms with Crippen LogP contribution in [0.15, 0.2) is 30.6 Å². The summed E-state index contributed by atoms with van der Waals surface area (Å²) in [5.74, 6) is 0. The summed E-state index contributed by atoms with van der Waals surface area (Å²) in [5, 5.41) is 1.15. The number of aryl methyl sites for hydroxylation is 1. The second-order valence-corrected chi connectivity index (χ2v) is 2.52. The van der Waals surface area contributed by atoms with E-state index < -0.39 is 0 Å². The van der Waals surface area contributed by atoms with Crippen LogP contribution < -0.4 is 0 Å². The molecule has 2 rings (SSSR count). The fourth-order valence-electron chi connectivity index (χ4n) is 1.09. The molecule has 2 aromatic rings. The molecule has 0 N–H and O–H groups in total. The fourth-order valence-corrected chi connectivity index (χ4v) is 1.09. The van der Waals surface area contributed by atoms with Crippen molar-refractivity contribution in [2.45, 2.75) is 6.92 Å². The first-order valence-corrected chi connectivity index (χ1v) is 3.53. The Kier molecular flexibility index (Phi) is 1.32. The second-order valence-electron chi connectivity index (χ2n) is 2.52. The Bertz CT molecular complexity index is 382. The van der Waals surface area contributed by atoms with Gasteiger partial charge in [-0.1, -0.05) is 6.07 Å². The zero-order valence-corrected chi connectivity index (χ0v) is 6.28. The van der Waals surface area contributed by atoms with Crippen LogP contribution in [0, 0.1) is 6.92 Å². The molecule has 0 aliphatic heterocycles. The molecule has 0 saturated carbocycles. The van der Waals surface area contributed by atoms with Gasteiger partial charge in [0.05, 0.1) is 11.7 Å². The molecule has 0 saturated heterocycles. The number of hydrogen-bond acceptors (Lipinski definition) is 2. The molecule has 0 amide bonds. The highest BCUT2D eigenvalue weighted by Gasteiger charge is 1.92. The van der Waals surface area contributed by atoms with E-state index in [0.29, 0.717) is 0 Å². The summed E-state index contributed by atoms with van der Waals surface area (Å²) >= 11 is 0. The monoisotopic (exact) mass is 144 g/mol. The van der Waals surface area contributed by atoms with E-state index in [9.17, 15) is 0 Å². The smallest absolute Gasteiger partial charge is 0.0885 e. The second kappa shape index (κ2) is 2.31. The third-order valence-corrected chi connectivity index (χ3v) is 1.63. The van der Waals surface area contributed by atoms with E-state index in [1.54, 1.807) is 12.4 Å². The molecule has 0 spiro atoms. The van der Waals surface area contributed by atoms with Gasteiger partial charge in [0.1, 0.15) is 0 Å². The molecule has 0 aliphatic rings. The van der Waals surface area contributed by atoms with Crippen molar-refractivity contribution in [3.63, 3.8) is 0 Å². The van der Waals surface area contributed by atoms with Gasteiger partial charge in [0.2, 0.25) is 0 Å². The van der Waals surface area contributed by atoms with Gasteiger partial charge in [-0.2, -0.15) is 0 Å². The quantitative estimate of drug-likeness (QED) is 0.564. The van der Waals surface area contributed by atoms with Crippen molar-refractivity contribution in [1.82, 2.24) is 9.97 Å². The lowest BCUT2D eigenvalue weighted by Gasteiger charge is -1.95. The SMILES string of the molecule is Cc1cc2cccnc2cn1. The summed E-state index contributed by atoms with van der Waals surface area (Å²) < 4.78 is 0. The Hall–Kier alpha value is -1.44. The summed E-state index contributed by atoms with van der Waals surface area (Å²) in [6.07, 6.45) is 3.57. The van der Waals surface area contributed by atoms with E-state index in [-0.39, 0.29) is 0 Å². The molecular weight excluding hydrogens is 136 g/mol. The third-order valence-electron chi connectivity index (χ3n) is 1.63. The van der Waals surface area contributed by atoms with Crippen LogP contribution in [0.4, 0.5) is 0 Å². The molecule has 2 aromatic heterocycles. The number of rotatable bonds is 0. The summed E-state index contributed by atoms with van der Waals surface area (Å²) in [6.45, 7) is 1.98. The van der Waals surface area contributed by atoms with E-state index >= 15 is 0 Å². The molecule has 54 valence electrons. The standard InChI is InChI=1S/C9H8N2/c1-7-5-8-3-2-4-10-9(8)6-11-7/h2-6H,1H3. The Balaban J connectivity index is 2.83. The van der Waals surface area contributed by atoms with Gasteiger partial charge in [0.15, 0.2) is 0 Å². The van der Waals surface area contributed by atoms with Gasteiger partial charge in [-0.05, 0) is 19.1 Å². The van der Waals surface area contributed by atoms with Crippen molar-refractivity contribution in [3.8, 4) is 0 Å². The normalized spacial score (nSPS) is 10.3. The van der Waals surface area contributed by atoms with Gasteiger partial charge >= 0.3 is 0 Å². The first-order chi connectivity index (χ1) is 5.36. The average Bonchev–Trinajstić information content (AvgIpc) is 2.04. The van der Waals surface area contributed by atoms with E-state index in [2.05, 4.69) is 9.97 Å². The molecule has 0 atom stereocenters. The van der Waals surface area contributed by atoms with Crippen molar-refractivity contribution in [2.75, 3.05) is 0 Å². The number of pyridine rings is 2. The molecule has 0 aliphatic carbocycles. The lowest BCUT2D eigenvalue weighted by atomic mass is 10.2. The van der Waals surface area contributed by atoms with E-state index in [4.69, 9.17) is 0 Å². The third kappa shape index (κ3) is 1.07. The van der Waals surface area contributed by atoms with Crippen LogP contribution in [-0.4, -0.2) is 9.97 Å². The minimum Gasteiger partial charge on any atom is -0.259 e. The van der Waals surface area contributed by atoms with Gasteiger partial charge in [-0.3, -0.25) is 9.97 Å². The van der Waals surface area contributed by atoms with E-state index in [1.165, 1.54) is 0 Å². The topological polar surface area (TPSA) is 25.8 Å². The maximum absolute atomic E-state index is 4.16. The summed E-state index contributed by atoms with van der Waals surface area (Å²) in [4.78, 5) is 8.30. The molecule has 0 fully saturated rings. The first kappa shape index (κ1) is 6.28. The number of nitrogens with zero attached hydrogens (tertiary/aromatic N) is 2. The fraction of sp³-hybridized carbons (Fsp3) is 0.111. The largest absolute Gasteiger partial charge is 0.259 e. The molecule has 0 aromatic carbocycles. The van der Waals surface area contributed by atoms with Crippen LogP contribution in [0.1, 0.15) is 5.69 Å². The zero-order valence-electron chi connectivity index (χ0n) is 6.28. The predicted octanol–water partition coefficient (Wildman–Crippen LogP) is 1.94. The maximum atomic E-state index is 4.16. The van der Waals surface area contributed by atoms with Crippen molar-refractivity contribution in [1.29, 1.82) is 0 Å². The first-order valence-electron chi connectivity index (χ1n) is 3.53. The molecule has 2 heterocycles. The van der Waals surface area contributed by atoms with Gasteiger partial charge in [0.25, 0.3) is 0 Å². The number of hydrogen-bond donors (Lipinski definition) is 0. The molecule has 0 bridgehead atoms. The number of fused-ring (bicyclic) bond motifs is 1. The molecule has 2 heteroatoms. The average molecular weight is 144 g/mol. The maximum Gasteiger partial charge on any atom is 0.0885 e. The lowest BCUT2D eigenvalue weighted by molar-refractivity contribution is 1.21. The van der Waals surface area contributed by atoms with Crippen LogP contribution in [0.5, 0.6) is 0 Å². The van der Waals surface area contributed by atoms with Crippen molar-refractivity contribution in [3.05, 3.63) is 36.3 Å². The van der Waals surface area contributed by atoms with E-state index in [1.807, 2.05) is 25.1 Å². The molecule has 2 nitrogen and oxygen atoms in total. The minimum atomic E-state index is 0.957. The van der Waals surface area contributed by atoms with Gasteiger partial charge in [-0.25, -0.2) is 0 Å². The zero-order chi connectivity index (χ0) is 7.68. The van der Waals surface area contributed by atoms with Crippen LogP contribution in [0.25, 0.3) is 10.9 Å². The number of aromatic nitrogens is 2. The van der Waals surface area contributed by atoms with Crippen molar-refractivity contribution >= 4 is 10.9 Å². The van der Waals surface area contributed by atoms with Gasteiger partial charge in [0, 0.05) is 17.3 Å². The lowest BCUT2D eigenvalue weighted by Crippen LogP contribution is -1.82. The van der Waals surface area contributed by atoms with Crippen LogP contribution >= 0.6 is 0 Å². The minimum absolute atomic E-state index is 0.957. The van der Waals surface area contributed by atoms with Gasteiger partial charge < -0.3 is 0 Å². The highest BCUT2D eigenvalue weighted by molar-refractivity contribution is 5.77. The molecule has 0 radical (unpaired) electrons. The van der Waals surface area contributed by atoms with Crippen molar-refractivity contribution in [2.24, 2.45) is 0 Å². The predicted molar refractivity (Wildman–Crippen MR) is 44.3 cm³/mol. The highest BCUT2D eigenvalue weighted by atomic mass is 14.7. The Morgan fingerprint density at radius 1 is 1.27 bits per heavy atom. The van der Waals surface area contributed by atoms with Crippen LogP contribution in [0.3, 0.4) is 0 Å².